The van der Waals surface area contributed by atoms with Crippen LogP contribution < -0.4 is 11.1 Å². The third-order valence-corrected chi connectivity index (χ3v) is 5.03. The van der Waals surface area contributed by atoms with Crippen LogP contribution in [-0.2, 0) is 10.2 Å². The molecule has 0 unspecified atom stereocenters. The highest BCUT2D eigenvalue weighted by atomic mass is 19.1. The molecule has 7 nitrogen and oxygen atoms in total. The van der Waals surface area contributed by atoms with Crippen molar-refractivity contribution in [2.75, 3.05) is 13.7 Å². The number of pyridine rings is 1. The van der Waals surface area contributed by atoms with E-state index >= 15 is 0 Å². The van der Waals surface area contributed by atoms with Crippen molar-refractivity contribution in [1.29, 1.82) is 0 Å². The molecule has 0 bridgehead atoms. The number of hydrogen-bond donors (Lipinski definition) is 2. The van der Waals surface area contributed by atoms with Gasteiger partial charge in [-0.1, -0.05) is 6.58 Å². The Bertz CT molecular complexity index is 993. The highest BCUT2D eigenvalue weighted by Gasteiger charge is 2.48. The third kappa shape index (κ3) is 4.40. The maximum Gasteiger partial charge on any atom is 0.339 e. The number of aromatic nitrogens is 2. The van der Waals surface area contributed by atoms with E-state index in [9.17, 15) is 13.6 Å². The number of rotatable bonds is 7. The highest BCUT2D eigenvalue weighted by molar-refractivity contribution is 5.89. The van der Waals surface area contributed by atoms with E-state index in [1.54, 1.807) is 35.3 Å². The molecule has 3 N–H and O–H groups in total. The molecule has 0 radical (unpaired) electrons. The first-order valence-electron chi connectivity index (χ1n) is 9.29. The number of esters is 1. The lowest BCUT2D eigenvalue weighted by Gasteiger charge is -2.42. The lowest BCUT2D eigenvalue weighted by molar-refractivity contribution is 0.0601. The molecule has 0 aromatic carbocycles. The second kappa shape index (κ2) is 8.89. The molecule has 0 saturated heterocycles. The van der Waals surface area contributed by atoms with Gasteiger partial charge in [0.1, 0.15) is 12.0 Å². The first-order chi connectivity index (χ1) is 14.4. The molecule has 2 aromatic heterocycles. The molecule has 3 rings (SSSR count). The molecule has 0 spiro atoms. The van der Waals surface area contributed by atoms with E-state index in [1.165, 1.54) is 25.4 Å². The topological polar surface area (TPSA) is 94.5 Å². The minimum Gasteiger partial charge on any atom is -0.465 e. The van der Waals surface area contributed by atoms with Gasteiger partial charge < -0.3 is 20.4 Å². The number of ether oxygens (including phenoxy) is 1. The van der Waals surface area contributed by atoms with Crippen LogP contribution in [0.3, 0.4) is 0 Å². The number of alkyl halides is 1. The van der Waals surface area contributed by atoms with Crippen molar-refractivity contribution in [2.45, 2.75) is 24.4 Å². The average Bonchev–Trinajstić information content (AvgIpc) is 3.20. The van der Waals surface area contributed by atoms with E-state index in [2.05, 4.69) is 26.6 Å². The summed E-state index contributed by atoms with van der Waals surface area (Å²) in [6.07, 6.45) is 7.13. The number of nitrogens with two attached hydrogens (primary N) is 1. The molecular formula is C21H23F2N5O2. The molecule has 1 aliphatic carbocycles. The normalized spacial score (nSPS) is 21.6. The molecule has 0 amide bonds. The summed E-state index contributed by atoms with van der Waals surface area (Å²) >= 11 is 0. The lowest BCUT2D eigenvalue weighted by atomic mass is 9.65. The maximum atomic E-state index is 14.2. The Balaban J connectivity index is 1.72. The smallest absolute Gasteiger partial charge is 0.339 e. The number of hydrogen-bond acceptors (Lipinski definition) is 4. The Morgan fingerprint density at radius 3 is 2.93 bits per heavy atom. The number of aliphatic imine (C=N–C) groups is 1. The molecule has 2 aromatic rings. The molecule has 1 fully saturated rings. The van der Waals surface area contributed by atoms with Gasteiger partial charge in [0.25, 0.3) is 0 Å². The van der Waals surface area contributed by atoms with Crippen LogP contribution in [0.15, 0.2) is 60.6 Å². The van der Waals surface area contributed by atoms with E-state index in [0.29, 0.717) is 11.3 Å². The van der Waals surface area contributed by atoms with Crippen LogP contribution in [0.4, 0.5) is 8.78 Å². The van der Waals surface area contributed by atoms with Crippen LogP contribution >= 0.6 is 0 Å². The Hall–Kier alpha value is -3.49. The molecule has 1 aliphatic rings. The number of guanidine groups is 1. The fraction of sp³-hybridized carbons (Fsp3) is 0.286. The van der Waals surface area contributed by atoms with Gasteiger partial charge in [-0.05, 0) is 37.1 Å². The largest absolute Gasteiger partial charge is 0.465 e. The fourth-order valence-corrected chi connectivity index (χ4v) is 3.43. The van der Waals surface area contributed by atoms with Gasteiger partial charge in [0.2, 0.25) is 0 Å². The molecular weight excluding hydrogens is 392 g/mol. The SMILES string of the molecule is C=C/C(=C\NC(N)=NCC1(c2ncccc2F)CC(F)C1)n1ccc(C(=O)OC)c1. The Morgan fingerprint density at radius 1 is 1.53 bits per heavy atom. The van der Waals surface area contributed by atoms with Gasteiger partial charge in [-0.3, -0.25) is 9.98 Å². The predicted octanol–water partition coefficient (Wildman–Crippen LogP) is 2.77. The zero-order valence-electron chi connectivity index (χ0n) is 16.5. The number of carbonyl (C=O) groups excluding carboxylic acids is 1. The summed E-state index contributed by atoms with van der Waals surface area (Å²) in [4.78, 5) is 19.9. The average molecular weight is 415 g/mol. The summed E-state index contributed by atoms with van der Waals surface area (Å²) in [6.45, 7) is 3.84. The second-order valence-corrected chi connectivity index (χ2v) is 7.04. The monoisotopic (exact) mass is 415 g/mol. The van der Waals surface area contributed by atoms with Crippen molar-refractivity contribution < 1.29 is 18.3 Å². The minimum absolute atomic E-state index is 0.0766. The maximum absolute atomic E-state index is 14.2. The second-order valence-electron chi connectivity index (χ2n) is 7.04. The highest BCUT2D eigenvalue weighted by Crippen LogP contribution is 2.45. The van der Waals surface area contributed by atoms with Gasteiger partial charge in [0, 0.05) is 30.2 Å². The standard InChI is InChI=1S/C21H23F2N5O2/c1-3-16(28-8-6-14(12-28)19(29)30-2)11-26-20(24)27-13-21(9-15(22)10-21)18-17(23)5-4-7-25-18/h3-8,11-12,15H,1,9-10,13H2,2H3,(H3,24,26,27)/b16-11+. The number of allylic oxidation sites excluding steroid dienone is 2. The molecule has 2 heterocycles. The quantitative estimate of drug-likeness (QED) is 0.314. The first-order valence-corrected chi connectivity index (χ1v) is 9.29. The Labute approximate surface area is 173 Å². The summed E-state index contributed by atoms with van der Waals surface area (Å²) in [5.74, 6) is -0.855. The summed E-state index contributed by atoms with van der Waals surface area (Å²) in [5, 5.41) is 2.83. The van der Waals surface area contributed by atoms with E-state index in [-0.39, 0.29) is 31.0 Å². The number of carbonyl (C=O) groups is 1. The van der Waals surface area contributed by atoms with Gasteiger partial charge in [0.05, 0.1) is 30.6 Å². The van der Waals surface area contributed by atoms with Crippen LogP contribution in [0.5, 0.6) is 0 Å². The van der Waals surface area contributed by atoms with Crippen molar-refractivity contribution in [1.82, 2.24) is 14.9 Å². The zero-order chi connectivity index (χ0) is 21.7. The van der Waals surface area contributed by atoms with Gasteiger partial charge in [0.15, 0.2) is 5.96 Å². The van der Waals surface area contributed by atoms with Crippen LogP contribution in [0.2, 0.25) is 0 Å². The summed E-state index contributed by atoms with van der Waals surface area (Å²) in [5.41, 5.74) is 6.32. The minimum atomic E-state index is -1.01. The van der Waals surface area contributed by atoms with Gasteiger partial charge in [-0.15, -0.1) is 0 Å². The van der Waals surface area contributed by atoms with Gasteiger partial charge in [-0.2, -0.15) is 0 Å². The number of methoxy groups -OCH3 is 1. The van der Waals surface area contributed by atoms with Crippen LogP contribution in [-0.4, -0.2) is 41.3 Å². The van der Waals surface area contributed by atoms with Crippen molar-refractivity contribution in [3.63, 3.8) is 0 Å². The van der Waals surface area contributed by atoms with Crippen molar-refractivity contribution in [3.8, 4) is 0 Å². The van der Waals surface area contributed by atoms with Crippen LogP contribution in [0.1, 0.15) is 28.9 Å². The Morgan fingerprint density at radius 2 is 2.30 bits per heavy atom. The predicted molar refractivity (Wildman–Crippen MR) is 110 cm³/mol. The van der Waals surface area contributed by atoms with E-state index in [0.717, 1.165) is 0 Å². The van der Waals surface area contributed by atoms with E-state index < -0.39 is 23.4 Å². The van der Waals surface area contributed by atoms with Crippen molar-refractivity contribution >= 4 is 17.6 Å². The molecule has 0 atom stereocenters. The molecule has 158 valence electrons. The van der Waals surface area contributed by atoms with Crippen molar-refractivity contribution in [2.24, 2.45) is 10.7 Å². The van der Waals surface area contributed by atoms with E-state index in [1.807, 2.05) is 0 Å². The molecule has 30 heavy (non-hydrogen) atoms. The van der Waals surface area contributed by atoms with Gasteiger partial charge >= 0.3 is 5.97 Å². The fourth-order valence-electron chi connectivity index (χ4n) is 3.43. The molecule has 0 aliphatic heterocycles. The summed E-state index contributed by atoms with van der Waals surface area (Å²) in [6, 6.07) is 4.40. The number of nitrogens with one attached hydrogen (secondary N) is 1. The summed E-state index contributed by atoms with van der Waals surface area (Å²) in [7, 11) is 1.31. The number of nitrogens with zero attached hydrogens (tertiary/aromatic N) is 3. The van der Waals surface area contributed by atoms with E-state index in [4.69, 9.17) is 5.73 Å². The molecule has 9 heteroatoms. The Kier molecular flexibility index (Phi) is 6.29. The van der Waals surface area contributed by atoms with Crippen molar-refractivity contribution in [3.05, 3.63) is 72.7 Å². The van der Waals surface area contributed by atoms with Crippen LogP contribution in [0, 0.1) is 5.82 Å². The lowest BCUT2D eigenvalue weighted by Crippen LogP contribution is -2.47. The van der Waals surface area contributed by atoms with Gasteiger partial charge in [-0.25, -0.2) is 13.6 Å². The van der Waals surface area contributed by atoms with Crippen LogP contribution in [0.25, 0.3) is 5.70 Å². The zero-order valence-corrected chi connectivity index (χ0v) is 16.5. The first kappa shape index (κ1) is 21.2. The summed E-state index contributed by atoms with van der Waals surface area (Å²) < 4.78 is 34.2. The molecule has 1 saturated carbocycles. The third-order valence-electron chi connectivity index (χ3n) is 5.03. The number of halogens is 2.